The van der Waals surface area contributed by atoms with Gasteiger partial charge in [-0.2, -0.15) is 0 Å². The van der Waals surface area contributed by atoms with E-state index in [0.717, 1.165) is 11.3 Å². The number of nitrogens with zero attached hydrogens (tertiary/aromatic N) is 1. The van der Waals surface area contributed by atoms with Crippen molar-refractivity contribution in [2.75, 3.05) is 7.11 Å². The maximum absolute atomic E-state index is 12.2. The number of hydrogen-bond donors (Lipinski definition) is 0. The number of aromatic nitrogens is 1. The van der Waals surface area contributed by atoms with Crippen molar-refractivity contribution in [2.24, 2.45) is 0 Å². The molecule has 0 unspecified atom stereocenters. The van der Waals surface area contributed by atoms with Gasteiger partial charge in [0.2, 0.25) is 0 Å². The van der Waals surface area contributed by atoms with Gasteiger partial charge >= 0.3 is 5.97 Å². The fourth-order valence-corrected chi connectivity index (χ4v) is 2.82. The van der Waals surface area contributed by atoms with E-state index in [4.69, 9.17) is 21.1 Å². The fraction of sp³-hybridized carbons (Fsp3) is 0.125. The van der Waals surface area contributed by atoms with Gasteiger partial charge in [-0.15, -0.1) is 0 Å². The number of Topliss-reactive ketones (excluding diaryl/α,β-unsaturated/α-hetero) is 1. The van der Waals surface area contributed by atoms with E-state index in [1.165, 1.54) is 7.11 Å². The summed E-state index contributed by atoms with van der Waals surface area (Å²) in [6.07, 6.45) is 5.50. The zero-order valence-electron chi connectivity index (χ0n) is 16.4. The average molecular weight is 422 g/mol. The lowest BCUT2D eigenvalue weighted by atomic mass is 10.1. The summed E-state index contributed by atoms with van der Waals surface area (Å²) in [5.74, 6) is 0.0740. The van der Waals surface area contributed by atoms with Crippen LogP contribution in [0.25, 0.3) is 12.2 Å². The van der Waals surface area contributed by atoms with Crippen molar-refractivity contribution in [1.29, 1.82) is 0 Å². The van der Waals surface area contributed by atoms with Crippen molar-refractivity contribution in [1.82, 2.24) is 4.98 Å². The molecule has 0 saturated heterocycles. The van der Waals surface area contributed by atoms with Crippen molar-refractivity contribution in [3.8, 4) is 11.5 Å². The molecule has 0 radical (unpaired) electrons. The molecule has 3 aromatic rings. The van der Waals surface area contributed by atoms with Gasteiger partial charge in [0.1, 0.15) is 0 Å². The van der Waals surface area contributed by atoms with Crippen LogP contribution in [0.15, 0.2) is 66.9 Å². The van der Waals surface area contributed by atoms with E-state index >= 15 is 0 Å². The molecule has 0 bridgehead atoms. The van der Waals surface area contributed by atoms with Crippen LogP contribution < -0.4 is 9.47 Å². The number of hydrogen-bond acceptors (Lipinski definition) is 5. The Balaban J connectivity index is 1.60. The molecule has 6 heteroatoms. The third-order valence-corrected chi connectivity index (χ3v) is 4.52. The summed E-state index contributed by atoms with van der Waals surface area (Å²) in [4.78, 5) is 28.6. The van der Waals surface area contributed by atoms with Crippen LogP contribution in [0.4, 0.5) is 0 Å². The lowest BCUT2D eigenvalue weighted by Crippen LogP contribution is -2.11. The first-order chi connectivity index (χ1) is 14.5. The standard InChI is InChI=1S/C24H20ClNO4/c1-29-23-16-17(5-11-20-4-2-3-15-26-20)6-13-22(23)30-24(28)14-12-21(27)18-7-9-19(25)10-8-18/h2-11,13,15-16H,12,14H2,1H3/b11-5+. The van der Waals surface area contributed by atoms with E-state index < -0.39 is 5.97 Å². The Bertz CT molecular complexity index is 1050. The molecule has 0 amide bonds. The molecule has 1 heterocycles. The van der Waals surface area contributed by atoms with Crippen LogP contribution in [-0.2, 0) is 4.79 Å². The largest absolute Gasteiger partial charge is 0.493 e. The van der Waals surface area contributed by atoms with Gasteiger partial charge in [0.25, 0.3) is 0 Å². The van der Waals surface area contributed by atoms with E-state index in [1.54, 1.807) is 42.6 Å². The second-order valence-electron chi connectivity index (χ2n) is 6.40. The first-order valence-corrected chi connectivity index (χ1v) is 9.69. The Labute approximate surface area is 179 Å². The van der Waals surface area contributed by atoms with E-state index in [-0.39, 0.29) is 18.6 Å². The first-order valence-electron chi connectivity index (χ1n) is 9.32. The lowest BCUT2D eigenvalue weighted by Gasteiger charge is -2.10. The summed E-state index contributed by atoms with van der Waals surface area (Å²) >= 11 is 5.82. The monoisotopic (exact) mass is 421 g/mol. The van der Waals surface area contributed by atoms with Crippen LogP contribution in [0, 0.1) is 0 Å². The molecule has 1 aromatic heterocycles. The van der Waals surface area contributed by atoms with Crippen LogP contribution >= 0.6 is 11.6 Å². The van der Waals surface area contributed by atoms with Crippen molar-refractivity contribution >= 4 is 35.5 Å². The van der Waals surface area contributed by atoms with E-state index in [1.807, 2.05) is 36.4 Å². The van der Waals surface area contributed by atoms with Gasteiger partial charge in [-0.25, -0.2) is 0 Å². The molecule has 0 fully saturated rings. The highest BCUT2D eigenvalue weighted by Gasteiger charge is 2.13. The Morgan fingerprint density at radius 1 is 0.967 bits per heavy atom. The SMILES string of the molecule is COc1cc(/C=C/c2ccccn2)ccc1OC(=O)CCC(=O)c1ccc(Cl)cc1. The molecule has 0 saturated carbocycles. The highest BCUT2D eigenvalue weighted by Crippen LogP contribution is 2.29. The minimum absolute atomic E-state index is 0.0358. The highest BCUT2D eigenvalue weighted by atomic mass is 35.5. The molecule has 152 valence electrons. The fourth-order valence-electron chi connectivity index (χ4n) is 2.70. The second-order valence-corrected chi connectivity index (χ2v) is 6.84. The topological polar surface area (TPSA) is 65.5 Å². The lowest BCUT2D eigenvalue weighted by molar-refractivity contribution is -0.134. The minimum atomic E-state index is -0.507. The maximum Gasteiger partial charge on any atom is 0.311 e. The van der Waals surface area contributed by atoms with Crippen LogP contribution in [0.1, 0.15) is 34.5 Å². The Hall–Kier alpha value is -3.44. The zero-order valence-corrected chi connectivity index (χ0v) is 17.1. The van der Waals surface area contributed by atoms with Crippen LogP contribution in [-0.4, -0.2) is 23.8 Å². The Kier molecular flexibility index (Phi) is 7.35. The number of benzene rings is 2. The van der Waals surface area contributed by atoms with Crippen molar-refractivity contribution in [3.05, 3.63) is 88.7 Å². The van der Waals surface area contributed by atoms with Gasteiger partial charge in [0, 0.05) is 23.2 Å². The number of esters is 1. The van der Waals surface area contributed by atoms with Crippen LogP contribution in [0.2, 0.25) is 5.02 Å². The van der Waals surface area contributed by atoms with Gasteiger partial charge in [-0.1, -0.05) is 29.8 Å². The molecule has 0 atom stereocenters. The normalized spacial score (nSPS) is 10.7. The van der Waals surface area contributed by atoms with Crippen molar-refractivity contribution < 1.29 is 19.1 Å². The van der Waals surface area contributed by atoms with Gasteiger partial charge in [0.05, 0.1) is 19.2 Å². The maximum atomic E-state index is 12.2. The van der Waals surface area contributed by atoms with E-state index in [9.17, 15) is 9.59 Å². The van der Waals surface area contributed by atoms with Crippen molar-refractivity contribution in [3.63, 3.8) is 0 Å². The molecule has 0 aliphatic rings. The number of ketones is 1. The Morgan fingerprint density at radius 2 is 1.77 bits per heavy atom. The Morgan fingerprint density at radius 3 is 2.47 bits per heavy atom. The number of rotatable bonds is 8. The third-order valence-electron chi connectivity index (χ3n) is 4.27. The molecule has 5 nitrogen and oxygen atoms in total. The predicted octanol–water partition coefficient (Wildman–Crippen LogP) is 5.48. The average Bonchev–Trinajstić information content (AvgIpc) is 2.78. The molecule has 3 rings (SSSR count). The van der Waals surface area contributed by atoms with Gasteiger partial charge in [-0.3, -0.25) is 14.6 Å². The highest BCUT2D eigenvalue weighted by molar-refractivity contribution is 6.30. The first kappa shape index (κ1) is 21.3. The molecular weight excluding hydrogens is 402 g/mol. The van der Waals surface area contributed by atoms with Gasteiger partial charge in [-0.05, 0) is 60.2 Å². The number of carbonyl (C=O) groups excluding carboxylic acids is 2. The number of methoxy groups -OCH3 is 1. The third kappa shape index (κ3) is 6.03. The summed E-state index contributed by atoms with van der Waals surface area (Å²) in [6, 6.07) is 17.4. The molecule has 30 heavy (non-hydrogen) atoms. The van der Waals surface area contributed by atoms with Gasteiger partial charge in [0.15, 0.2) is 17.3 Å². The molecule has 0 N–H and O–H groups in total. The van der Waals surface area contributed by atoms with E-state index in [0.29, 0.717) is 22.1 Å². The van der Waals surface area contributed by atoms with Crippen LogP contribution in [0.5, 0.6) is 11.5 Å². The van der Waals surface area contributed by atoms with Crippen LogP contribution in [0.3, 0.4) is 0 Å². The minimum Gasteiger partial charge on any atom is -0.493 e. The number of ether oxygens (including phenoxy) is 2. The quantitative estimate of drug-likeness (QED) is 0.273. The second kappa shape index (κ2) is 10.4. The van der Waals surface area contributed by atoms with Crippen molar-refractivity contribution in [2.45, 2.75) is 12.8 Å². The molecule has 0 aliphatic heterocycles. The number of halogens is 1. The summed E-state index contributed by atoms with van der Waals surface area (Å²) in [7, 11) is 1.50. The summed E-state index contributed by atoms with van der Waals surface area (Å²) < 4.78 is 10.7. The van der Waals surface area contributed by atoms with E-state index in [2.05, 4.69) is 4.98 Å². The summed E-state index contributed by atoms with van der Waals surface area (Å²) in [6.45, 7) is 0. The zero-order chi connectivity index (χ0) is 21.3. The summed E-state index contributed by atoms with van der Waals surface area (Å²) in [5.41, 5.74) is 2.21. The molecule has 0 spiro atoms. The predicted molar refractivity (Wildman–Crippen MR) is 117 cm³/mol. The molecule has 0 aliphatic carbocycles. The summed E-state index contributed by atoms with van der Waals surface area (Å²) in [5, 5.41) is 0.552. The molecular formula is C24H20ClNO4. The number of pyridine rings is 1. The molecule has 2 aromatic carbocycles. The van der Waals surface area contributed by atoms with Gasteiger partial charge < -0.3 is 9.47 Å². The smallest absolute Gasteiger partial charge is 0.311 e. The number of carbonyl (C=O) groups is 2.